The molecule has 0 aliphatic carbocycles. The molecule has 1 aliphatic heterocycles. The molecule has 2 N–H and O–H groups in total. The minimum absolute atomic E-state index is 0.608. The highest BCUT2D eigenvalue weighted by Gasteiger charge is 2.18. The van der Waals surface area contributed by atoms with Crippen molar-refractivity contribution in [1.29, 1.82) is 0 Å². The maximum Gasteiger partial charge on any atom is 0.170 e. The molecule has 0 atom stereocenters. The first kappa shape index (κ1) is 22.2. The second kappa shape index (κ2) is 10.5. The number of anilines is 2. The molecule has 0 aromatic heterocycles. The summed E-state index contributed by atoms with van der Waals surface area (Å²) < 4.78 is 0. The summed E-state index contributed by atoms with van der Waals surface area (Å²) in [4.78, 5) is 4.94. The summed E-state index contributed by atoms with van der Waals surface area (Å²) in [7, 11) is 0. The van der Waals surface area contributed by atoms with Crippen LogP contribution in [0.5, 0.6) is 0 Å². The minimum atomic E-state index is 0.608. The number of hydrogen-bond donors (Lipinski definition) is 2. The molecule has 156 valence electrons. The van der Waals surface area contributed by atoms with E-state index in [1.807, 2.05) is 31.2 Å². The van der Waals surface area contributed by atoms with Crippen molar-refractivity contribution in [3.63, 3.8) is 0 Å². The van der Waals surface area contributed by atoms with E-state index in [2.05, 4.69) is 39.5 Å². The van der Waals surface area contributed by atoms with Gasteiger partial charge in [0.1, 0.15) is 0 Å². The van der Waals surface area contributed by atoms with Gasteiger partial charge >= 0.3 is 0 Å². The van der Waals surface area contributed by atoms with E-state index >= 15 is 0 Å². The third kappa shape index (κ3) is 6.48. The Kier molecular flexibility index (Phi) is 8.01. The van der Waals surface area contributed by atoms with Crippen molar-refractivity contribution in [2.75, 3.05) is 49.5 Å². The van der Waals surface area contributed by atoms with Crippen LogP contribution < -0.4 is 15.5 Å². The number of thiocarbonyl (C=S) groups is 1. The van der Waals surface area contributed by atoms with E-state index in [0.29, 0.717) is 10.1 Å². The van der Waals surface area contributed by atoms with Gasteiger partial charge in [0.25, 0.3) is 0 Å². The molecule has 29 heavy (non-hydrogen) atoms. The molecular weight excluding hydrogens is 423 g/mol. The van der Waals surface area contributed by atoms with Gasteiger partial charge in [0.15, 0.2) is 5.11 Å². The van der Waals surface area contributed by atoms with E-state index in [1.54, 1.807) is 0 Å². The number of aryl methyl sites for hydroxylation is 2. The Morgan fingerprint density at radius 2 is 1.79 bits per heavy atom. The van der Waals surface area contributed by atoms with Gasteiger partial charge in [-0.3, -0.25) is 4.90 Å². The maximum atomic E-state index is 6.24. The molecule has 0 bridgehead atoms. The first-order chi connectivity index (χ1) is 13.9. The number of hydrogen-bond acceptors (Lipinski definition) is 3. The number of nitrogens with zero attached hydrogens (tertiary/aromatic N) is 2. The molecule has 2 aromatic rings. The highest BCUT2D eigenvalue weighted by atomic mass is 35.5. The summed E-state index contributed by atoms with van der Waals surface area (Å²) in [5.74, 6) is 0. The van der Waals surface area contributed by atoms with Crippen molar-refractivity contribution in [3.8, 4) is 0 Å². The summed E-state index contributed by atoms with van der Waals surface area (Å²) in [6, 6.07) is 12.0. The van der Waals surface area contributed by atoms with E-state index < -0.39 is 0 Å². The monoisotopic (exact) mass is 450 g/mol. The Morgan fingerprint density at radius 1 is 1.03 bits per heavy atom. The van der Waals surface area contributed by atoms with Crippen LogP contribution in [0.4, 0.5) is 11.4 Å². The van der Waals surface area contributed by atoms with Gasteiger partial charge in [-0.05, 0) is 74.4 Å². The molecule has 1 aliphatic rings. The molecule has 4 nitrogen and oxygen atoms in total. The van der Waals surface area contributed by atoms with Crippen molar-refractivity contribution >= 4 is 51.9 Å². The standard InChI is InChI=1S/C22H28Cl2N4S/c1-16-4-7-20(19(24)14-16)26-22(29)25-8-3-9-27-10-12-28(13-11-27)21-15-18(23)6-5-17(21)2/h4-7,14-15H,3,8-13H2,1-2H3,(H2,25,26,29). The fourth-order valence-corrected chi connectivity index (χ4v) is 4.19. The highest BCUT2D eigenvalue weighted by molar-refractivity contribution is 7.80. The second-order valence-corrected chi connectivity index (χ2v) is 8.73. The lowest BCUT2D eigenvalue weighted by molar-refractivity contribution is 0.255. The SMILES string of the molecule is Cc1ccc(NC(=S)NCCCN2CCN(c3cc(Cl)ccc3C)CC2)c(Cl)c1. The van der Waals surface area contributed by atoms with Gasteiger partial charge in [-0.2, -0.15) is 0 Å². The molecule has 1 saturated heterocycles. The zero-order valence-electron chi connectivity index (χ0n) is 17.0. The van der Waals surface area contributed by atoms with E-state index in [9.17, 15) is 0 Å². The number of rotatable bonds is 6. The van der Waals surface area contributed by atoms with Crippen LogP contribution >= 0.6 is 35.4 Å². The lowest BCUT2D eigenvalue weighted by Crippen LogP contribution is -2.47. The molecule has 0 saturated carbocycles. The van der Waals surface area contributed by atoms with Crippen LogP contribution in [0.1, 0.15) is 17.5 Å². The lowest BCUT2D eigenvalue weighted by atomic mass is 10.1. The molecule has 7 heteroatoms. The van der Waals surface area contributed by atoms with E-state index in [4.69, 9.17) is 35.4 Å². The quantitative estimate of drug-likeness (QED) is 0.471. The highest BCUT2D eigenvalue weighted by Crippen LogP contribution is 2.25. The first-order valence-corrected chi connectivity index (χ1v) is 11.1. The number of nitrogens with one attached hydrogen (secondary N) is 2. The van der Waals surface area contributed by atoms with Crippen LogP contribution in [0.2, 0.25) is 10.0 Å². The van der Waals surface area contributed by atoms with Crippen LogP contribution in [0.25, 0.3) is 0 Å². The number of benzene rings is 2. The minimum Gasteiger partial charge on any atom is -0.369 e. The molecular formula is C22H28Cl2N4S. The van der Waals surface area contributed by atoms with E-state index in [0.717, 1.165) is 62.0 Å². The van der Waals surface area contributed by atoms with Crippen molar-refractivity contribution in [2.45, 2.75) is 20.3 Å². The predicted molar refractivity (Wildman–Crippen MR) is 130 cm³/mol. The molecule has 1 heterocycles. The van der Waals surface area contributed by atoms with Crippen LogP contribution in [-0.4, -0.2) is 49.3 Å². The van der Waals surface area contributed by atoms with Gasteiger partial charge in [0.2, 0.25) is 0 Å². The van der Waals surface area contributed by atoms with Gasteiger partial charge in [0, 0.05) is 43.4 Å². The Balaban J connectivity index is 1.35. The van der Waals surface area contributed by atoms with Crippen LogP contribution in [0.15, 0.2) is 36.4 Å². The first-order valence-electron chi connectivity index (χ1n) is 9.97. The van der Waals surface area contributed by atoms with Crippen molar-refractivity contribution in [1.82, 2.24) is 10.2 Å². The smallest absolute Gasteiger partial charge is 0.170 e. The largest absolute Gasteiger partial charge is 0.369 e. The molecule has 1 fully saturated rings. The fraction of sp³-hybridized carbons (Fsp3) is 0.409. The van der Waals surface area contributed by atoms with Gasteiger partial charge < -0.3 is 15.5 Å². The summed E-state index contributed by atoms with van der Waals surface area (Å²) in [5, 5.41) is 8.53. The van der Waals surface area contributed by atoms with E-state index in [-0.39, 0.29) is 0 Å². The molecule has 0 unspecified atom stereocenters. The number of halogens is 2. The second-order valence-electron chi connectivity index (χ2n) is 7.48. The van der Waals surface area contributed by atoms with Crippen LogP contribution in [0.3, 0.4) is 0 Å². The zero-order chi connectivity index (χ0) is 20.8. The van der Waals surface area contributed by atoms with Crippen LogP contribution in [0, 0.1) is 13.8 Å². The van der Waals surface area contributed by atoms with Gasteiger partial charge in [0.05, 0.1) is 10.7 Å². The van der Waals surface area contributed by atoms with Gasteiger partial charge in [-0.15, -0.1) is 0 Å². The number of piperazine rings is 1. The lowest BCUT2D eigenvalue weighted by Gasteiger charge is -2.37. The summed E-state index contributed by atoms with van der Waals surface area (Å²) in [6.07, 6.45) is 1.04. The fourth-order valence-electron chi connectivity index (χ4n) is 3.53. The normalized spacial score (nSPS) is 14.7. The van der Waals surface area contributed by atoms with Crippen molar-refractivity contribution < 1.29 is 0 Å². The zero-order valence-corrected chi connectivity index (χ0v) is 19.3. The van der Waals surface area contributed by atoms with Gasteiger partial charge in [-0.25, -0.2) is 0 Å². The van der Waals surface area contributed by atoms with Gasteiger partial charge in [-0.1, -0.05) is 35.3 Å². The average molecular weight is 451 g/mol. The average Bonchev–Trinajstić information content (AvgIpc) is 2.70. The Morgan fingerprint density at radius 3 is 2.52 bits per heavy atom. The summed E-state index contributed by atoms with van der Waals surface area (Å²) in [5.41, 5.74) is 4.50. The topological polar surface area (TPSA) is 30.5 Å². The van der Waals surface area contributed by atoms with Crippen molar-refractivity contribution in [3.05, 3.63) is 57.6 Å². The summed E-state index contributed by atoms with van der Waals surface area (Å²) in [6.45, 7) is 10.2. The third-order valence-electron chi connectivity index (χ3n) is 5.19. The Bertz CT molecular complexity index is 851. The molecule has 0 radical (unpaired) electrons. The molecule has 0 amide bonds. The third-order valence-corrected chi connectivity index (χ3v) is 5.99. The Hall–Kier alpha value is -1.53. The maximum absolute atomic E-state index is 6.24. The predicted octanol–water partition coefficient (Wildman–Crippen LogP) is 5.11. The Labute approximate surface area is 189 Å². The molecule has 2 aromatic carbocycles. The molecule has 0 spiro atoms. The van der Waals surface area contributed by atoms with E-state index in [1.165, 1.54) is 11.3 Å². The van der Waals surface area contributed by atoms with Crippen LogP contribution in [-0.2, 0) is 0 Å². The molecule has 3 rings (SSSR count). The summed E-state index contributed by atoms with van der Waals surface area (Å²) >= 11 is 17.8. The van der Waals surface area contributed by atoms with Crippen molar-refractivity contribution in [2.24, 2.45) is 0 Å².